The van der Waals surface area contributed by atoms with E-state index in [2.05, 4.69) is 0 Å². The van der Waals surface area contributed by atoms with Crippen LogP contribution in [0.2, 0.25) is 0 Å². The van der Waals surface area contributed by atoms with Crippen molar-refractivity contribution >= 4 is 5.69 Å². The number of benzene rings is 1. The molecule has 0 N–H and O–H groups in total. The number of nitro benzene ring substituents is 1. The SMILES string of the molecule is CCOc1cc(OC)c(OCC)c([N+](=O)[O-])c1. The molecule has 0 saturated carbocycles. The Morgan fingerprint density at radius 1 is 1.24 bits per heavy atom. The second-order valence-corrected chi connectivity index (χ2v) is 3.10. The molecule has 0 spiro atoms. The molecule has 17 heavy (non-hydrogen) atoms. The van der Waals surface area contributed by atoms with E-state index in [0.29, 0.717) is 24.7 Å². The Morgan fingerprint density at radius 2 is 1.88 bits per heavy atom. The van der Waals surface area contributed by atoms with Crippen molar-refractivity contribution in [3.63, 3.8) is 0 Å². The van der Waals surface area contributed by atoms with Crippen molar-refractivity contribution in [2.24, 2.45) is 0 Å². The van der Waals surface area contributed by atoms with E-state index in [1.165, 1.54) is 13.2 Å². The first kappa shape index (κ1) is 13.1. The van der Waals surface area contributed by atoms with Crippen LogP contribution in [0.5, 0.6) is 17.2 Å². The summed E-state index contributed by atoms with van der Waals surface area (Å²) in [5.74, 6) is 0.812. The van der Waals surface area contributed by atoms with Gasteiger partial charge in [-0.25, -0.2) is 0 Å². The van der Waals surface area contributed by atoms with Crippen LogP contribution in [0.25, 0.3) is 0 Å². The number of methoxy groups -OCH3 is 1. The lowest BCUT2D eigenvalue weighted by molar-refractivity contribution is -0.386. The van der Waals surface area contributed by atoms with Crippen LogP contribution in [-0.2, 0) is 0 Å². The summed E-state index contributed by atoms with van der Waals surface area (Å²) >= 11 is 0. The molecular weight excluding hydrogens is 226 g/mol. The second-order valence-electron chi connectivity index (χ2n) is 3.10. The van der Waals surface area contributed by atoms with Gasteiger partial charge in [-0.05, 0) is 13.8 Å². The van der Waals surface area contributed by atoms with Crippen molar-refractivity contribution < 1.29 is 19.1 Å². The van der Waals surface area contributed by atoms with Gasteiger partial charge in [0.2, 0.25) is 5.75 Å². The summed E-state index contributed by atoms with van der Waals surface area (Å²) in [7, 11) is 1.43. The summed E-state index contributed by atoms with van der Waals surface area (Å²) in [4.78, 5) is 10.4. The van der Waals surface area contributed by atoms with Crippen molar-refractivity contribution in [3.05, 3.63) is 22.2 Å². The predicted octanol–water partition coefficient (Wildman–Crippen LogP) is 2.40. The molecule has 0 aliphatic heterocycles. The monoisotopic (exact) mass is 241 g/mol. The molecule has 0 radical (unpaired) electrons. The van der Waals surface area contributed by atoms with E-state index in [4.69, 9.17) is 14.2 Å². The van der Waals surface area contributed by atoms with E-state index >= 15 is 0 Å². The minimum absolute atomic E-state index is 0.128. The second kappa shape index (κ2) is 5.93. The van der Waals surface area contributed by atoms with Crippen LogP contribution in [0.15, 0.2) is 12.1 Å². The quantitative estimate of drug-likeness (QED) is 0.565. The average Bonchev–Trinajstić information content (AvgIpc) is 2.30. The molecule has 0 aliphatic rings. The van der Waals surface area contributed by atoms with Gasteiger partial charge >= 0.3 is 5.69 Å². The number of hydrogen-bond acceptors (Lipinski definition) is 5. The summed E-state index contributed by atoms with van der Waals surface area (Å²) in [5.41, 5.74) is -0.158. The van der Waals surface area contributed by atoms with Crippen LogP contribution in [0.3, 0.4) is 0 Å². The first-order chi connectivity index (χ1) is 8.13. The summed E-state index contributed by atoms with van der Waals surface area (Å²) in [5, 5.41) is 10.9. The van der Waals surface area contributed by atoms with Gasteiger partial charge in [0.1, 0.15) is 5.75 Å². The van der Waals surface area contributed by atoms with E-state index in [0.717, 1.165) is 0 Å². The molecule has 94 valence electrons. The van der Waals surface area contributed by atoms with Crippen molar-refractivity contribution in [1.82, 2.24) is 0 Å². The maximum Gasteiger partial charge on any atom is 0.318 e. The number of rotatable bonds is 6. The Morgan fingerprint density at radius 3 is 2.35 bits per heavy atom. The molecule has 0 saturated heterocycles. The summed E-state index contributed by atoms with van der Waals surface area (Å²) in [6.45, 7) is 4.30. The van der Waals surface area contributed by atoms with E-state index in [9.17, 15) is 10.1 Å². The van der Waals surface area contributed by atoms with Crippen molar-refractivity contribution in [2.75, 3.05) is 20.3 Å². The first-order valence-electron chi connectivity index (χ1n) is 5.26. The van der Waals surface area contributed by atoms with Gasteiger partial charge in [0, 0.05) is 6.07 Å². The lowest BCUT2D eigenvalue weighted by Gasteiger charge is -2.11. The molecular formula is C11H15NO5. The molecule has 6 heteroatoms. The number of ether oxygens (including phenoxy) is 3. The zero-order chi connectivity index (χ0) is 12.8. The zero-order valence-corrected chi connectivity index (χ0v) is 10.1. The average molecular weight is 241 g/mol. The molecule has 0 amide bonds. The Bertz CT molecular complexity index is 405. The number of nitrogens with zero attached hydrogens (tertiary/aromatic N) is 1. The fourth-order valence-corrected chi connectivity index (χ4v) is 1.39. The molecule has 1 aromatic carbocycles. The summed E-state index contributed by atoms with van der Waals surface area (Å²) in [6, 6.07) is 2.90. The van der Waals surface area contributed by atoms with Crippen molar-refractivity contribution in [3.8, 4) is 17.2 Å². The lowest BCUT2D eigenvalue weighted by atomic mass is 10.2. The van der Waals surface area contributed by atoms with Crippen LogP contribution in [0.4, 0.5) is 5.69 Å². The first-order valence-corrected chi connectivity index (χ1v) is 5.26. The molecule has 0 unspecified atom stereocenters. The van der Waals surface area contributed by atoms with Gasteiger partial charge in [0.05, 0.1) is 31.3 Å². The van der Waals surface area contributed by atoms with E-state index < -0.39 is 4.92 Å². The highest BCUT2D eigenvalue weighted by Gasteiger charge is 2.22. The number of nitro groups is 1. The van der Waals surface area contributed by atoms with Gasteiger partial charge in [-0.15, -0.1) is 0 Å². The highest BCUT2D eigenvalue weighted by Crippen LogP contribution is 2.40. The Balaban J connectivity index is 3.29. The molecule has 1 aromatic rings. The summed E-state index contributed by atoms with van der Waals surface area (Å²) < 4.78 is 15.5. The lowest BCUT2D eigenvalue weighted by Crippen LogP contribution is -2.02. The van der Waals surface area contributed by atoms with Gasteiger partial charge in [0.25, 0.3) is 0 Å². The van der Waals surface area contributed by atoms with Crippen LogP contribution >= 0.6 is 0 Å². The highest BCUT2D eigenvalue weighted by molar-refractivity contribution is 5.60. The normalized spacial score (nSPS) is 9.82. The zero-order valence-electron chi connectivity index (χ0n) is 10.1. The van der Waals surface area contributed by atoms with Crippen LogP contribution in [0, 0.1) is 10.1 Å². The van der Waals surface area contributed by atoms with Crippen molar-refractivity contribution in [2.45, 2.75) is 13.8 Å². The minimum Gasteiger partial charge on any atom is -0.493 e. The standard InChI is InChI=1S/C11H15NO5/c1-4-16-8-6-9(12(13)14)11(17-5-2)10(7-8)15-3/h6-7H,4-5H2,1-3H3. The highest BCUT2D eigenvalue weighted by atomic mass is 16.6. The third kappa shape index (κ3) is 2.99. The largest absolute Gasteiger partial charge is 0.493 e. The smallest absolute Gasteiger partial charge is 0.318 e. The molecule has 0 heterocycles. The predicted molar refractivity (Wildman–Crippen MR) is 62.0 cm³/mol. The third-order valence-corrected chi connectivity index (χ3v) is 2.03. The minimum atomic E-state index is -0.518. The molecule has 0 aliphatic carbocycles. The van der Waals surface area contributed by atoms with Gasteiger partial charge < -0.3 is 14.2 Å². The fourth-order valence-electron chi connectivity index (χ4n) is 1.39. The van der Waals surface area contributed by atoms with Crippen LogP contribution in [-0.4, -0.2) is 25.2 Å². The Labute approximate surface area is 99.2 Å². The van der Waals surface area contributed by atoms with E-state index in [-0.39, 0.29) is 11.4 Å². The molecule has 6 nitrogen and oxygen atoms in total. The molecule has 0 aromatic heterocycles. The van der Waals surface area contributed by atoms with Gasteiger partial charge in [0.15, 0.2) is 5.75 Å². The number of hydrogen-bond donors (Lipinski definition) is 0. The maximum absolute atomic E-state index is 10.9. The molecule has 0 fully saturated rings. The topological polar surface area (TPSA) is 70.8 Å². The molecule has 0 atom stereocenters. The fraction of sp³-hybridized carbons (Fsp3) is 0.455. The van der Waals surface area contributed by atoms with Gasteiger partial charge in [-0.3, -0.25) is 10.1 Å². The van der Waals surface area contributed by atoms with E-state index in [1.54, 1.807) is 19.9 Å². The van der Waals surface area contributed by atoms with Gasteiger partial charge in [-0.1, -0.05) is 0 Å². The molecule has 1 rings (SSSR count). The van der Waals surface area contributed by atoms with Gasteiger partial charge in [-0.2, -0.15) is 0 Å². The maximum atomic E-state index is 10.9. The Kier molecular flexibility index (Phi) is 4.56. The van der Waals surface area contributed by atoms with Crippen molar-refractivity contribution in [1.29, 1.82) is 0 Å². The molecule has 0 bridgehead atoms. The van der Waals surface area contributed by atoms with Crippen LogP contribution < -0.4 is 14.2 Å². The van der Waals surface area contributed by atoms with E-state index in [1.807, 2.05) is 0 Å². The van der Waals surface area contributed by atoms with Crippen LogP contribution in [0.1, 0.15) is 13.8 Å². The third-order valence-electron chi connectivity index (χ3n) is 2.03. The summed E-state index contributed by atoms with van der Waals surface area (Å²) in [6.07, 6.45) is 0. The Hall–Kier alpha value is -1.98.